The number of hydrogen-bond donors (Lipinski definition) is 1. The number of thiophene rings is 1. The van der Waals surface area contributed by atoms with Gasteiger partial charge in [0.2, 0.25) is 0 Å². The van der Waals surface area contributed by atoms with Crippen molar-refractivity contribution >= 4 is 38.9 Å². The van der Waals surface area contributed by atoms with E-state index in [-0.39, 0.29) is 0 Å². The van der Waals surface area contributed by atoms with Gasteiger partial charge in [0.15, 0.2) is 0 Å². The minimum atomic E-state index is 0.480. The highest BCUT2D eigenvalue weighted by molar-refractivity contribution is 9.10. The lowest BCUT2D eigenvalue weighted by Crippen LogP contribution is -1.96. The molecule has 78 valence electrons. The quantitative estimate of drug-likeness (QED) is 0.880. The Morgan fingerprint density at radius 2 is 1.93 bits per heavy atom. The van der Waals surface area contributed by atoms with Gasteiger partial charge in [-0.25, -0.2) is 0 Å². The van der Waals surface area contributed by atoms with Gasteiger partial charge in [-0.2, -0.15) is 0 Å². The molecule has 0 atom stereocenters. The molecule has 0 spiro atoms. The second-order valence-corrected chi connectivity index (χ2v) is 5.51. The van der Waals surface area contributed by atoms with Gasteiger partial charge in [-0.15, -0.1) is 11.3 Å². The van der Waals surface area contributed by atoms with Gasteiger partial charge in [0, 0.05) is 22.0 Å². The summed E-state index contributed by atoms with van der Waals surface area (Å²) in [6, 6.07) is 8.14. The van der Waals surface area contributed by atoms with E-state index < -0.39 is 0 Å². The van der Waals surface area contributed by atoms with E-state index in [0.717, 1.165) is 25.5 Å². The maximum Gasteiger partial charge on any atom is 0.0979 e. The lowest BCUT2D eigenvalue weighted by atomic mass is 10.1. The molecule has 0 aliphatic rings. The second-order valence-electron chi connectivity index (χ2n) is 3.11. The average Bonchev–Trinajstić information content (AvgIpc) is 2.61. The normalized spacial score (nSPS) is 10.6. The van der Waals surface area contributed by atoms with Crippen molar-refractivity contribution in [3.63, 3.8) is 0 Å². The summed E-state index contributed by atoms with van der Waals surface area (Å²) in [7, 11) is 0. The van der Waals surface area contributed by atoms with E-state index >= 15 is 0 Å². The van der Waals surface area contributed by atoms with Gasteiger partial charge in [-0.3, -0.25) is 0 Å². The maximum absolute atomic E-state index is 6.06. The molecule has 0 saturated carbocycles. The molecule has 0 unspecified atom stereocenters. The molecule has 0 saturated heterocycles. The average molecular weight is 303 g/mol. The van der Waals surface area contributed by atoms with Crippen molar-refractivity contribution in [2.24, 2.45) is 5.73 Å². The predicted octanol–water partition coefficient (Wildman–Crippen LogP) is 4.29. The molecule has 0 aliphatic heterocycles. The summed E-state index contributed by atoms with van der Waals surface area (Å²) in [6.45, 7) is 0.480. The van der Waals surface area contributed by atoms with Crippen LogP contribution in [0.25, 0.3) is 11.1 Å². The fourth-order valence-electron chi connectivity index (χ4n) is 1.42. The lowest BCUT2D eigenvalue weighted by molar-refractivity contribution is 1.08. The Morgan fingerprint density at radius 3 is 2.53 bits per heavy atom. The van der Waals surface area contributed by atoms with Crippen LogP contribution in [-0.2, 0) is 6.54 Å². The van der Waals surface area contributed by atoms with Crippen LogP contribution < -0.4 is 5.73 Å². The molecule has 1 aromatic carbocycles. The first-order chi connectivity index (χ1) is 7.22. The van der Waals surface area contributed by atoms with Gasteiger partial charge >= 0.3 is 0 Å². The van der Waals surface area contributed by atoms with Crippen molar-refractivity contribution in [1.29, 1.82) is 0 Å². The first-order valence-electron chi connectivity index (χ1n) is 4.44. The molecule has 0 radical (unpaired) electrons. The second kappa shape index (κ2) is 4.66. The molecule has 2 aromatic rings. The summed E-state index contributed by atoms with van der Waals surface area (Å²) >= 11 is 11.0. The smallest absolute Gasteiger partial charge is 0.0979 e. The Kier molecular flexibility index (Phi) is 3.46. The zero-order chi connectivity index (χ0) is 10.8. The van der Waals surface area contributed by atoms with Gasteiger partial charge in [0.1, 0.15) is 0 Å². The van der Waals surface area contributed by atoms with E-state index in [1.807, 2.05) is 17.5 Å². The fourth-order valence-corrected chi connectivity index (χ4v) is 2.83. The Bertz CT molecular complexity index is 464. The molecule has 0 aliphatic carbocycles. The summed E-state index contributed by atoms with van der Waals surface area (Å²) in [5.74, 6) is 0. The third-order valence-corrected chi connectivity index (χ3v) is 4.03. The van der Waals surface area contributed by atoms with Crippen molar-refractivity contribution in [3.05, 3.63) is 44.0 Å². The van der Waals surface area contributed by atoms with Crippen molar-refractivity contribution in [3.8, 4) is 11.1 Å². The number of nitrogens with two attached hydrogens (primary N) is 1. The lowest BCUT2D eigenvalue weighted by Gasteiger charge is -2.02. The standard InChI is InChI=1S/C11H9BrClNS/c12-8-3-1-7(2-4-8)10-6-15-11(13)9(10)5-14/h1-4,6H,5,14H2. The Hall–Kier alpha value is -0.350. The minimum absolute atomic E-state index is 0.480. The zero-order valence-corrected chi connectivity index (χ0v) is 11.0. The first-order valence-corrected chi connectivity index (χ1v) is 6.49. The number of benzene rings is 1. The van der Waals surface area contributed by atoms with Gasteiger partial charge in [0.05, 0.1) is 4.34 Å². The largest absolute Gasteiger partial charge is 0.326 e. The third kappa shape index (κ3) is 2.26. The molecule has 1 nitrogen and oxygen atoms in total. The van der Waals surface area contributed by atoms with Gasteiger partial charge < -0.3 is 5.73 Å². The van der Waals surface area contributed by atoms with Crippen LogP contribution in [0.3, 0.4) is 0 Å². The molecule has 1 aromatic heterocycles. The van der Waals surface area contributed by atoms with Crippen LogP contribution in [0.5, 0.6) is 0 Å². The summed E-state index contributed by atoms with van der Waals surface area (Å²) in [5.41, 5.74) is 9.00. The number of hydrogen-bond acceptors (Lipinski definition) is 2. The zero-order valence-electron chi connectivity index (χ0n) is 7.84. The highest BCUT2D eigenvalue weighted by Crippen LogP contribution is 2.35. The molecular weight excluding hydrogens is 294 g/mol. The van der Waals surface area contributed by atoms with Crippen molar-refractivity contribution in [2.45, 2.75) is 6.54 Å². The molecular formula is C11H9BrClNS. The van der Waals surface area contributed by atoms with Crippen LogP contribution in [0.15, 0.2) is 34.1 Å². The Balaban J connectivity index is 2.49. The van der Waals surface area contributed by atoms with E-state index in [9.17, 15) is 0 Å². The van der Waals surface area contributed by atoms with Crippen molar-refractivity contribution in [1.82, 2.24) is 0 Å². The highest BCUT2D eigenvalue weighted by atomic mass is 79.9. The summed E-state index contributed by atoms with van der Waals surface area (Å²) in [4.78, 5) is 0. The SMILES string of the molecule is NCc1c(-c2ccc(Br)cc2)csc1Cl. The Labute approximate surface area is 106 Å². The monoisotopic (exact) mass is 301 g/mol. The fraction of sp³-hybridized carbons (Fsp3) is 0.0909. The van der Waals surface area contributed by atoms with Gasteiger partial charge in [0.25, 0.3) is 0 Å². The summed E-state index contributed by atoms with van der Waals surface area (Å²) in [6.07, 6.45) is 0. The van der Waals surface area contributed by atoms with Crippen molar-refractivity contribution < 1.29 is 0 Å². The van der Waals surface area contributed by atoms with Crippen LogP contribution in [0.4, 0.5) is 0 Å². The van der Waals surface area contributed by atoms with E-state index in [1.165, 1.54) is 11.3 Å². The molecule has 0 fully saturated rings. The Morgan fingerprint density at radius 1 is 1.27 bits per heavy atom. The molecule has 15 heavy (non-hydrogen) atoms. The third-order valence-electron chi connectivity index (χ3n) is 2.20. The van der Waals surface area contributed by atoms with Crippen LogP contribution in [-0.4, -0.2) is 0 Å². The molecule has 2 rings (SSSR count). The van der Waals surface area contributed by atoms with Crippen LogP contribution in [0.1, 0.15) is 5.56 Å². The van der Waals surface area contributed by atoms with E-state index in [4.69, 9.17) is 17.3 Å². The van der Waals surface area contributed by atoms with Gasteiger partial charge in [-0.05, 0) is 23.3 Å². The van der Waals surface area contributed by atoms with E-state index in [1.54, 1.807) is 0 Å². The molecule has 0 bridgehead atoms. The van der Waals surface area contributed by atoms with Crippen LogP contribution in [0.2, 0.25) is 4.34 Å². The maximum atomic E-state index is 6.06. The summed E-state index contributed by atoms with van der Waals surface area (Å²) in [5, 5.41) is 2.05. The number of halogens is 2. The molecule has 2 N–H and O–H groups in total. The molecule has 4 heteroatoms. The number of rotatable bonds is 2. The van der Waals surface area contributed by atoms with Crippen LogP contribution in [0, 0.1) is 0 Å². The molecule has 1 heterocycles. The van der Waals surface area contributed by atoms with Crippen LogP contribution >= 0.6 is 38.9 Å². The van der Waals surface area contributed by atoms with E-state index in [0.29, 0.717) is 6.54 Å². The predicted molar refractivity (Wildman–Crippen MR) is 70.4 cm³/mol. The van der Waals surface area contributed by atoms with Gasteiger partial charge in [-0.1, -0.05) is 39.7 Å². The summed E-state index contributed by atoms with van der Waals surface area (Å²) < 4.78 is 1.86. The minimum Gasteiger partial charge on any atom is -0.326 e. The van der Waals surface area contributed by atoms with E-state index in [2.05, 4.69) is 28.1 Å². The molecule has 0 amide bonds. The topological polar surface area (TPSA) is 26.0 Å². The highest BCUT2D eigenvalue weighted by Gasteiger charge is 2.09. The first kappa shape index (κ1) is 11.1. The van der Waals surface area contributed by atoms with Crippen molar-refractivity contribution in [2.75, 3.05) is 0 Å².